The first-order chi connectivity index (χ1) is 7.65. The summed E-state index contributed by atoms with van der Waals surface area (Å²) in [5.74, 6) is -0.337. The number of para-hydroxylation sites is 1. The van der Waals surface area contributed by atoms with Crippen molar-refractivity contribution in [2.24, 2.45) is 11.7 Å². The van der Waals surface area contributed by atoms with Gasteiger partial charge in [0.05, 0.1) is 6.61 Å². The van der Waals surface area contributed by atoms with E-state index in [0.29, 0.717) is 6.61 Å². The van der Waals surface area contributed by atoms with Crippen LogP contribution >= 0.6 is 0 Å². The number of hydrogen-bond donors (Lipinski definition) is 2. The van der Waals surface area contributed by atoms with Gasteiger partial charge in [-0.15, -0.1) is 0 Å². The third-order valence-corrected chi connectivity index (χ3v) is 2.40. The van der Waals surface area contributed by atoms with E-state index in [4.69, 9.17) is 10.5 Å². The summed E-state index contributed by atoms with van der Waals surface area (Å²) < 4.78 is 5.02. The summed E-state index contributed by atoms with van der Waals surface area (Å²) in [6.45, 7) is 2.42. The Balaban J connectivity index is 2.69. The molecule has 0 saturated heterocycles. The summed E-state index contributed by atoms with van der Waals surface area (Å²) >= 11 is 0. The molecule has 2 atom stereocenters. The smallest absolute Gasteiger partial charge is 0.240 e. The van der Waals surface area contributed by atoms with Gasteiger partial charge in [0.2, 0.25) is 5.91 Å². The topological polar surface area (TPSA) is 64.3 Å². The lowest BCUT2D eigenvalue weighted by molar-refractivity contribution is -0.120. The molecule has 0 heterocycles. The summed E-state index contributed by atoms with van der Waals surface area (Å²) in [7, 11) is 1.61. The van der Waals surface area contributed by atoms with E-state index in [1.54, 1.807) is 7.11 Å². The Kier molecular flexibility index (Phi) is 4.79. The Hall–Kier alpha value is -1.55. The molecule has 1 rings (SSSR count). The van der Waals surface area contributed by atoms with Gasteiger partial charge >= 0.3 is 0 Å². The van der Waals surface area contributed by atoms with E-state index in [-0.39, 0.29) is 11.8 Å². The average molecular weight is 222 g/mol. The molecule has 4 nitrogen and oxygen atoms in total. The summed E-state index contributed by atoms with van der Waals surface area (Å²) in [6.07, 6.45) is 0. The summed E-state index contributed by atoms with van der Waals surface area (Å²) in [6, 6.07) is 9.11. The molecule has 0 spiro atoms. The highest BCUT2D eigenvalue weighted by molar-refractivity contribution is 5.83. The second kappa shape index (κ2) is 6.12. The summed E-state index contributed by atoms with van der Waals surface area (Å²) in [5.41, 5.74) is 6.24. The first-order valence-electron chi connectivity index (χ1n) is 5.25. The molecule has 2 unspecified atom stereocenters. The van der Waals surface area contributed by atoms with Crippen molar-refractivity contribution >= 4 is 11.6 Å². The molecule has 0 aliphatic carbocycles. The maximum absolute atomic E-state index is 11.3. The predicted molar refractivity (Wildman–Crippen MR) is 64.1 cm³/mol. The largest absolute Gasteiger partial charge is 0.384 e. The highest BCUT2D eigenvalue weighted by Gasteiger charge is 2.22. The fraction of sp³-hybridized carbons (Fsp3) is 0.417. The van der Waals surface area contributed by atoms with Crippen molar-refractivity contribution in [3.05, 3.63) is 30.3 Å². The summed E-state index contributed by atoms with van der Waals surface area (Å²) in [4.78, 5) is 11.3. The molecular weight excluding hydrogens is 204 g/mol. The van der Waals surface area contributed by atoms with Crippen molar-refractivity contribution in [2.45, 2.75) is 13.0 Å². The monoisotopic (exact) mass is 222 g/mol. The average Bonchev–Trinajstić information content (AvgIpc) is 2.27. The number of hydrogen-bond acceptors (Lipinski definition) is 3. The quantitative estimate of drug-likeness (QED) is 0.761. The molecule has 0 bridgehead atoms. The zero-order valence-electron chi connectivity index (χ0n) is 9.64. The molecule has 1 amide bonds. The minimum absolute atomic E-state index is 0.0303. The van der Waals surface area contributed by atoms with Crippen molar-refractivity contribution in [1.29, 1.82) is 0 Å². The first-order valence-corrected chi connectivity index (χ1v) is 5.25. The van der Waals surface area contributed by atoms with Crippen LogP contribution in [0.5, 0.6) is 0 Å². The highest BCUT2D eigenvalue weighted by Crippen LogP contribution is 2.12. The van der Waals surface area contributed by atoms with Crippen molar-refractivity contribution in [1.82, 2.24) is 0 Å². The highest BCUT2D eigenvalue weighted by atomic mass is 16.5. The maximum Gasteiger partial charge on any atom is 0.240 e. The van der Waals surface area contributed by atoms with Gasteiger partial charge in [-0.25, -0.2) is 0 Å². The number of carbonyl (C=O) groups excluding carboxylic acids is 1. The molecule has 3 N–H and O–H groups in total. The Morgan fingerprint density at radius 3 is 2.56 bits per heavy atom. The second-order valence-corrected chi connectivity index (χ2v) is 3.82. The third kappa shape index (κ3) is 3.55. The van der Waals surface area contributed by atoms with Crippen LogP contribution in [-0.4, -0.2) is 25.7 Å². The lowest BCUT2D eigenvalue weighted by Crippen LogP contribution is -2.42. The van der Waals surface area contributed by atoms with E-state index >= 15 is 0 Å². The number of rotatable bonds is 6. The van der Waals surface area contributed by atoms with Crippen molar-refractivity contribution in [3.8, 4) is 0 Å². The van der Waals surface area contributed by atoms with Gasteiger partial charge in [-0.3, -0.25) is 4.79 Å². The molecule has 4 heteroatoms. The number of nitrogens with one attached hydrogen (secondary N) is 1. The second-order valence-electron chi connectivity index (χ2n) is 3.82. The van der Waals surface area contributed by atoms with E-state index in [0.717, 1.165) is 5.69 Å². The predicted octanol–water partition coefficient (Wildman–Crippen LogP) is 1.23. The van der Waals surface area contributed by atoms with Gasteiger partial charge < -0.3 is 15.8 Å². The molecule has 16 heavy (non-hydrogen) atoms. The zero-order valence-corrected chi connectivity index (χ0v) is 9.64. The van der Waals surface area contributed by atoms with Gasteiger partial charge in [0.25, 0.3) is 0 Å². The standard InChI is InChI=1S/C12H18N2O2/c1-9(8-16-2)11(12(13)15)14-10-6-4-3-5-7-10/h3-7,9,11,14H,8H2,1-2H3,(H2,13,15). The molecule has 0 aromatic heterocycles. The van der Waals surface area contributed by atoms with Gasteiger partial charge in [-0.2, -0.15) is 0 Å². The normalized spacial score (nSPS) is 14.1. The van der Waals surface area contributed by atoms with Crippen LogP contribution in [0.25, 0.3) is 0 Å². The van der Waals surface area contributed by atoms with Gasteiger partial charge in [0, 0.05) is 18.7 Å². The summed E-state index contributed by atoms with van der Waals surface area (Å²) in [5, 5.41) is 3.11. The van der Waals surface area contributed by atoms with Crippen LogP contribution in [0.15, 0.2) is 30.3 Å². The zero-order chi connectivity index (χ0) is 12.0. The molecule has 0 aliphatic heterocycles. The molecule has 0 radical (unpaired) electrons. The maximum atomic E-state index is 11.3. The Morgan fingerprint density at radius 2 is 2.06 bits per heavy atom. The molecule has 1 aromatic rings. The molecule has 1 aromatic carbocycles. The molecule has 88 valence electrons. The van der Waals surface area contributed by atoms with Crippen LogP contribution < -0.4 is 11.1 Å². The van der Waals surface area contributed by atoms with Gasteiger partial charge in [0.15, 0.2) is 0 Å². The number of benzene rings is 1. The molecule has 0 saturated carbocycles. The van der Waals surface area contributed by atoms with Crippen molar-refractivity contribution in [2.75, 3.05) is 19.0 Å². The van der Waals surface area contributed by atoms with Crippen molar-refractivity contribution in [3.63, 3.8) is 0 Å². The lowest BCUT2D eigenvalue weighted by Gasteiger charge is -2.22. The van der Waals surface area contributed by atoms with Gasteiger partial charge in [-0.1, -0.05) is 25.1 Å². The number of primary amides is 1. The minimum Gasteiger partial charge on any atom is -0.384 e. The van der Waals surface area contributed by atoms with Gasteiger partial charge in [-0.05, 0) is 12.1 Å². The Bertz CT molecular complexity index is 327. The van der Waals surface area contributed by atoms with Crippen LogP contribution in [0, 0.1) is 5.92 Å². The molecule has 0 fully saturated rings. The lowest BCUT2D eigenvalue weighted by atomic mass is 10.0. The number of carbonyl (C=O) groups is 1. The van der Waals surface area contributed by atoms with Crippen LogP contribution in [0.2, 0.25) is 0 Å². The van der Waals surface area contributed by atoms with Crippen LogP contribution in [-0.2, 0) is 9.53 Å². The number of nitrogens with two attached hydrogens (primary N) is 1. The van der Waals surface area contributed by atoms with E-state index in [1.165, 1.54) is 0 Å². The number of anilines is 1. The van der Waals surface area contributed by atoms with Crippen LogP contribution in [0.3, 0.4) is 0 Å². The Labute approximate surface area is 95.8 Å². The Morgan fingerprint density at radius 1 is 1.44 bits per heavy atom. The molecular formula is C12H18N2O2. The number of methoxy groups -OCH3 is 1. The number of ether oxygens (including phenoxy) is 1. The molecule has 0 aliphatic rings. The van der Waals surface area contributed by atoms with Crippen LogP contribution in [0.1, 0.15) is 6.92 Å². The van der Waals surface area contributed by atoms with Crippen LogP contribution in [0.4, 0.5) is 5.69 Å². The van der Waals surface area contributed by atoms with E-state index in [9.17, 15) is 4.79 Å². The fourth-order valence-corrected chi connectivity index (χ4v) is 1.57. The van der Waals surface area contributed by atoms with E-state index < -0.39 is 6.04 Å². The first kappa shape index (κ1) is 12.5. The third-order valence-electron chi connectivity index (χ3n) is 2.40. The number of amides is 1. The van der Waals surface area contributed by atoms with E-state index in [2.05, 4.69) is 5.32 Å². The van der Waals surface area contributed by atoms with Crippen molar-refractivity contribution < 1.29 is 9.53 Å². The minimum atomic E-state index is -0.414. The SMILES string of the molecule is COCC(C)C(Nc1ccccc1)C(N)=O. The van der Waals surface area contributed by atoms with Gasteiger partial charge in [0.1, 0.15) is 6.04 Å². The fourth-order valence-electron chi connectivity index (χ4n) is 1.57. The van der Waals surface area contributed by atoms with E-state index in [1.807, 2.05) is 37.3 Å².